The molecule has 3 rings (SSSR count). The highest BCUT2D eigenvalue weighted by molar-refractivity contribution is 5.76. The van der Waals surface area contributed by atoms with Crippen molar-refractivity contribution in [3.8, 4) is 0 Å². The van der Waals surface area contributed by atoms with Crippen LogP contribution in [0.5, 0.6) is 0 Å². The fourth-order valence-corrected chi connectivity index (χ4v) is 3.10. The Morgan fingerprint density at radius 3 is 2.95 bits per heavy atom. The second kappa shape index (κ2) is 6.56. The van der Waals surface area contributed by atoms with Crippen LogP contribution in [0.3, 0.4) is 0 Å². The lowest BCUT2D eigenvalue weighted by Crippen LogP contribution is -2.31. The van der Waals surface area contributed by atoms with Crippen molar-refractivity contribution in [3.63, 3.8) is 0 Å². The van der Waals surface area contributed by atoms with Crippen LogP contribution in [-0.2, 0) is 11.2 Å². The van der Waals surface area contributed by atoms with Gasteiger partial charge in [0.2, 0.25) is 5.91 Å². The van der Waals surface area contributed by atoms with Gasteiger partial charge >= 0.3 is 0 Å². The molecule has 1 aliphatic carbocycles. The van der Waals surface area contributed by atoms with Crippen LogP contribution in [-0.4, -0.2) is 36.5 Å². The Kier molecular flexibility index (Phi) is 4.54. The largest absolute Gasteiger partial charge is 0.356 e. The molecule has 0 radical (unpaired) electrons. The summed E-state index contributed by atoms with van der Waals surface area (Å²) in [6.45, 7) is 3.11. The van der Waals surface area contributed by atoms with Crippen LogP contribution >= 0.6 is 0 Å². The van der Waals surface area contributed by atoms with Crippen molar-refractivity contribution in [2.24, 2.45) is 5.92 Å². The number of benzene rings is 1. The van der Waals surface area contributed by atoms with Crippen LogP contribution in [0.15, 0.2) is 24.3 Å². The molecule has 1 aromatic rings. The van der Waals surface area contributed by atoms with Gasteiger partial charge in [-0.15, -0.1) is 0 Å². The summed E-state index contributed by atoms with van der Waals surface area (Å²) in [7, 11) is 0. The van der Waals surface area contributed by atoms with E-state index >= 15 is 0 Å². The van der Waals surface area contributed by atoms with Gasteiger partial charge in [0.05, 0.1) is 0 Å². The summed E-state index contributed by atoms with van der Waals surface area (Å²) >= 11 is 0. The summed E-state index contributed by atoms with van der Waals surface area (Å²) in [5.41, 5.74) is 0.880. The number of nitrogens with one attached hydrogen (secondary N) is 1. The van der Waals surface area contributed by atoms with Gasteiger partial charge in [-0.05, 0) is 55.8 Å². The first-order chi connectivity index (χ1) is 10.2. The number of nitrogens with zero attached hydrogens (tertiary/aromatic N) is 1. The molecule has 1 N–H and O–H groups in total. The van der Waals surface area contributed by atoms with Crippen molar-refractivity contribution < 1.29 is 9.18 Å². The number of hydrogen-bond acceptors (Lipinski definition) is 2. The molecular formula is C17H23FN2O. The van der Waals surface area contributed by atoms with Crippen LogP contribution in [0.1, 0.15) is 31.2 Å². The Morgan fingerprint density at radius 2 is 2.19 bits per heavy atom. The van der Waals surface area contributed by atoms with Gasteiger partial charge < -0.3 is 10.2 Å². The second-order valence-electron chi connectivity index (χ2n) is 6.31. The van der Waals surface area contributed by atoms with Crippen molar-refractivity contribution in [2.75, 3.05) is 19.6 Å². The molecule has 1 aliphatic heterocycles. The molecule has 1 amide bonds. The molecule has 1 aromatic carbocycles. The molecule has 2 aliphatic rings. The van der Waals surface area contributed by atoms with E-state index in [9.17, 15) is 9.18 Å². The molecule has 4 heteroatoms. The first kappa shape index (κ1) is 14.5. The van der Waals surface area contributed by atoms with E-state index in [2.05, 4.69) is 10.2 Å². The molecule has 0 unspecified atom stereocenters. The van der Waals surface area contributed by atoms with E-state index in [4.69, 9.17) is 0 Å². The molecule has 1 saturated heterocycles. The third-order valence-electron chi connectivity index (χ3n) is 4.50. The molecule has 1 saturated carbocycles. The van der Waals surface area contributed by atoms with Crippen LogP contribution < -0.4 is 5.32 Å². The predicted molar refractivity (Wildman–Crippen MR) is 80.4 cm³/mol. The Labute approximate surface area is 125 Å². The van der Waals surface area contributed by atoms with E-state index in [0.717, 1.165) is 24.7 Å². The molecule has 21 heavy (non-hydrogen) atoms. The standard InChI is InChI=1S/C17H23FN2O/c18-15-3-1-2-13(10-15)4-7-17(21)19-11-14-8-9-20(12-14)16-5-6-16/h1-3,10,14,16H,4-9,11-12H2,(H,19,21)/t14-/m0/s1. The van der Waals surface area contributed by atoms with E-state index in [-0.39, 0.29) is 11.7 Å². The lowest BCUT2D eigenvalue weighted by Gasteiger charge is -2.15. The number of amides is 1. The fourth-order valence-electron chi connectivity index (χ4n) is 3.10. The van der Waals surface area contributed by atoms with Gasteiger partial charge in [0.1, 0.15) is 5.82 Å². The normalized spacial score (nSPS) is 22.4. The van der Waals surface area contributed by atoms with E-state index < -0.39 is 0 Å². The SMILES string of the molecule is O=C(CCc1cccc(F)c1)NC[C@@H]1CCN(C2CC2)C1. The lowest BCUT2D eigenvalue weighted by atomic mass is 10.1. The Morgan fingerprint density at radius 1 is 1.33 bits per heavy atom. The number of halogens is 1. The monoisotopic (exact) mass is 290 g/mol. The third-order valence-corrected chi connectivity index (χ3v) is 4.50. The number of rotatable bonds is 6. The smallest absolute Gasteiger partial charge is 0.220 e. The van der Waals surface area contributed by atoms with Crippen LogP contribution in [0.25, 0.3) is 0 Å². The maximum absolute atomic E-state index is 13.0. The van der Waals surface area contributed by atoms with Crippen molar-refractivity contribution in [2.45, 2.75) is 38.1 Å². The van der Waals surface area contributed by atoms with E-state index in [1.807, 2.05) is 6.07 Å². The zero-order chi connectivity index (χ0) is 14.7. The summed E-state index contributed by atoms with van der Waals surface area (Å²) in [4.78, 5) is 14.4. The van der Waals surface area contributed by atoms with Gasteiger partial charge in [-0.1, -0.05) is 12.1 Å². The van der Waals surface area contributed by atoms with Gasteiger partial charge in [-0.25, -0.2) is 4.39 Å². The van der Waals surface area contributed by atoms with Crippen molar-refractivity contribution >= 4 is 5.91 Å². The summed E-state index contributed by atoms with van der Waals surface area (Å²) in [6.07, 6.45) is 4.94. The minimum atomic E-state index is -0.237. The first-order valence-corrected chi connectivity index (χ1v) is 7.96. The van der Waals surface area contributed by atoms with Crippen molar-refractivity contribution in [3.05, 3.63) is 35.6 Å². The van der Waals surface area contributed by atoms with Crippen molar-refractivity contribution in [1.82, 2.24) is 10.2 Å². The van der Waals surface area contributed by atoms with E-state index in [1.54, 1.807) is 6.07 Å². The summed E-state index contributed by atoms with van der Waals surface area (Å²) < 4.78 is 13.0. The number of carbonyl (C=O) groups is 1. The molecule has 2 fully saturated rings. The van der Waals surface area contributed by atoms with Gasteiger partial charge in [0, 0.05) is 25.6 Å². The van der Waals surface area contributed by atoms with Gasteiger partial charge in [-0.3, -0.25) is 4.79 Å². The molecule has 0 spiro atoms. The maximum atomic E-state index is 13.0. The number of carbonyl (C=O) groups excluding carboxylic acids is 1. The molecular weight excluding hydrogens is 267 g/mol. The minimum absolute atomic E-state index is 0.0733. The quantitative estimate of drug-likeness (QED) is 0.872. The average molecular weight is 290 g/mol. The lowest BCUT2D eigenvalue weighted by molar-refractivity contribution is -0.121. The molecule has 3 nitrogen and oxygen atoms in total. The minimum Gasteiger partial charge on any atom is -0.356 e. The van der Waals surface area contributed by atoms with Gasteiger partial charge in [0.25, 0.3) is 0 Å². The average Bonchev–Trinajstić information content (AvgIpc) is 3.22. The molecule has 0 aromatic heterocycles. The summed E-state index contributed by atoms with van der Waals surface area (Å²) in [5, 5.41) is 3.03. The van der Waals surface area contributed by atoms with Crippen molar-refractivity contribution in [1.29, 1.82) is 0 Å². The first-order valence-electron chi connectivity index (χ1n) is 7.96. The van der Waals surface area contributed by atoms with Crippen LogP contribution in [0, 0.1) is 11.7 Å². The van der Waals surface area contributed by atoms with Crippen LogP contribution in [0.2, 0.25) is 0 Å². The number of hydrogen-bond donors (Lipinski definition) is 1. The van der Waals surface area contributed by atoms with E-state index in [0.29, 0.717) is 18.8 Å². The predicted octanol–water partition coefficient (Wildman–Crippen LogP) is 2.36. The second-order valence-corrected chi connectivity index (χ2v) is 6.31. The zero-order valence-corrected chi connectivity index (χ0v) is 12.4. The highest BCUT2D eigenvalue weighted by Crippen LogP contribution is 2.31. The molecule has 114 valence electrons. The highest BCUT2D eigenvalue weighted by atomic mass is 19.1. The highest BCUT2D eigenvalue weighted by Gasteiger charge is 2.34. The zero-order valence-electron chi connectivity index (χ0n) is 12.4. The molecule has 0 bridgehead atoms. The Balaban J connectivity index is 1.35. The van der Waals surface area contributed by atoms with Gasteiger partial charge in [-0.2, -0.15) is 0 Å². The van der Waals surface area contributed by atoms with Gasteiger partial charge in [0.15, 0.2) is 0 Å². The maximum Gasteiger partial charge on any atom is 0.220 e. The fraction of sp³-hybridized carbons (Fsp3) is 0.588. The van der Waals surface area contributed by atoms with E-state index in [1.165, 1.54) is 37.9 Å². The number of likely N-dealkylation sites (tertiary alicyclic amines) is 1. The Bertz CT molecular complexity index is 501. The molecule has 1 atom stereocenters. The third kappa shape index (κ3) is 4.27. The van der Waals surface area contributed by atoms with Crippen LogP contribution in [0.4, 0.5) is 4.39 Å². The number of aryl methyl sites for hydroxylation is 1. The Hall–Kier alpha value is -1.42. The summed E-state index contributed by atoms with van der Waals surface area (Å²) in [6, 6.07) is 7.31. The molecule has 1 heterocycles. The topological polar surface area (TPSA) is 32.3 Å². The summed E-state index contributed by atoms with van der Waals surface area (Å²) in [5.74, 6) is 0.437.